The highest BCUT2D eigenvalue weighted by Crippen LogP contribution is 2.20. The Balaban J connectivity index is 2.33. The van der Waals surface area contributed by atoms with E-state index in [2.05, 4.69) is 4.98 Å². The highest BCUT2D eigenvalue weighted by Gasteiger charge is 2.12. The monoisotopic (exact) mass is 210 g/mol. The van der Waals surface area contributed by atoms with E-state index in [0.29, 0.717) is 10.0 Å². The Morgan fingerprint density at radius 3 is 2.85 bits per heavy atom. The molecule has 2 heterocycles. The van der Waals surface area contributed by atoms with Gasteiger partial charge in [0.15, 0.2) is 5.13 Å². The average Bonchev–Trinajstić information content (AvgIpc) is 2.72. The Morgan fingerprint density at radius 1 is 1.46 bits per heavy atom. The van der Waals surface area contributed by atoms with Gasteiger partial charge < -0.3 is 5.73 Å². The molecule has 66 valence electrons. The van der Waals surface area contributed by atoms with Crippen molar-refractivity contribution < 1.29 is 4.79 Å². The second kappa shape index (κ2) is 3.27. The maximum atomic E-state index is 11.6. The lowest BCUT2D eigenvalue weighted by Gasteiger charge is -1.89. The van der Waals surface area contributed by atoms with Crippen molar-refractivity contribution in [1.29, 1.82) is 0 Å². The van der Waals surface area contributed by atoms with E-state index in [9.17, 15) is 4.79 Å². The van der Waals surface area contributed by atoms with E-state index in [1.54, 1.807) is 6.07 Å². The van der Waals surface area contributed by atoms with Gasteiger partial charge in [0, 0.05) is 0 Å². The predicted molar refractivity (Wildman–Crippen MR) is 54.3 cm³/mol. The molecule has 0 bridgehead atoms. The van der Waals surface area contributed by atoms with Gasteiger partial charge in [-0.3, -0.25) is 4.79 Å². The lowest BCUT2D eigenvalue weighted by atomic mass is 10.3. The van der Waals surface area contributed by atoms with Gasteiger partial charge in [0.25, 0.3) is 0 Å². The molecule has 0 fully saturated rings. The van der Waals surface area contributed by atoms with Crippen LogP contribution in [0.5, 0.6) is 0 Å². The van der Waals surface area contributed by atoms with Crippen molar-refractivity contribution in [1.82, 2.24) is 4.98 Å². The van der Waals surface area contributed by atoms with E-state index in [1.165, 1.54) is 28.9 Å². The number of nitrogens with zero attached hydrogens (tertiary/aromatic N) is 1. The summed E-state index contributed by atoms with van der Waals surface area (Å²) in [5.74, 6) is 0.00389. The average molecular weight is 210 g/mol. The van der Waals surface area contributed by atoms with Crippen molar-refractivity contribution in [3.63, 3.8) is 0 Å². The summed E-state index contributed by atoms with van der Waals surface area (Å²) in [6.07, 6.45) is 1.52. The quantitative estimate of drug-likeness (QED) is 0.771. The molecule has 0 aromatic carbocycles. The first-order valence-electron chi connectivity index (χ1n) is 3.57. The van der Waals surface area contributed by atoms with E-state index in [4.69, 9.17) is 5.73 Å². The van der Waals surface area contributed by atoms with Crippen LogP contribution in [0, 0.1) is 0 Å². The van der Waals surface area contributed by atoms with Crippen molar-refractivity contribution in [3.8, 4) is 0 Å². The van der Waals surface area contributed by atoms with Crippen molar-refractivity contribution in [2.75, 3.05) is 5.73 Å². The van der Waals surface area contributed by atoms with Crippen molar-refractivity contribution in [2.45, 2.75) is 0 Å². The molecule has 0 atom stereocenters. The molecule has 0 aliphatic rings. The number of carbonyl (C=O) groups is 1. The molecule has 0 amide bonds. The third-order valence-electron chi connectivity index (χ3n) is 1.49. The number of thiophene rings is 1. The van der Waals surface area contributed by atoms with Gasteiger partial charge in [-0.1, -0.05) is 17.4 Å². The minimum Gasteiger partial charge on any atom is -0.375 e. The number of aromatic nitrogens is 1. The van der Waals surface area contributed by atoms with Crippen LogP contribution >= 0.6 is 22.7 Å². The van der Waals surface area contributed by atoms with Gasteiger partial charge in [0.2, 0.25) is 5.78 Å². The summed E-state index contributed by atoms with van der Waals surface area (Å²) in [5.41, 5.74) is 5.43. The van der Waals surface area contributed by atoms with Gasteiger partial charge in [-0.05, 0) is 11.4 Å². The van der Waals surface area contributed by atoms with Crippen LogP contribution in [-0.4, -0.2) is 10.8 Å². The van der Waals surface area contributed by atoms with Crippen molar-refractivity contribution in [2.24, 2.45) is 0 Å². The molecule has 0 radical (unpaired) electrons. The molecule has 0 aliphatic carbocycles. The van der Waals surface area contributed by atoms with Crippen LogP contribution in [0.2, 0.25) is 0 Å². The molecule has 2 N–H and O–H groups in total. The van der Waals surface area contributed by atoms with Crippen LogP contribution in [0.15, 0.2) is 23.7 Å². The normalized spacial score (nSPS) is 10.2. The third-order valence-corrected chi connectivity index (χ3v) is 3.19. The summed E-state index contributed by atoms with van der Waals surface area (Å²) in [4.78, 5) is 16.8. The molecule has 2 aromatic rings. The molecule has 5 heteroatoms. The van der Waals surface area contributed by atoms with Crippen LogP contribution in [-0.2, 0) is 0 Å². The number of carbonyl (C=O) groups excluding carboxylic acids is 1. The Labute approximate surface area is 82.9 Å². The van der Waals surface area contributed by atoms with E-state index in [1.807, 2.05) is 11.4 Å². The van der Waals surface area contributed by atoms with Crippen LogP contribution in [0.4, 0.5) is 5.13 Å². The highest BCUT2D eigenvalue weighted by atomic mass is 32.1. The molecule has 0 unspecified atom stereocenters. The molecular weight excluding hydrogens is 204 g/mol. The van der Waals surface area contributed by atoms with Crippen molar-refractivity contribution in [3.05, 3.63) is 33.5 Å². The van der Waals surface area contributed by atoms with E-state index in [0.717, 1.165) is 4.88 Å². The maximum absolute atomic E-state index is 11.6. The number of anilines is 1. The predicted octanol–water partition coefficient (Wildman–Crippen LogP) is 2.02. The maximum Gasteiger partial charge on any atom is 0.214 e. The van der Waals surface area contributed by atoms with Gasteiger partial charge in [0.1, 0.15) is 0 Å². The fraction of sp³-hybridized carbons (Fsp3) is 0. The number of hydrogen-bond donors (Lipinski definition) is 1. The lowest BCUT2D eigenvalue weighted by Crippen LogP contribution is -1.93. The molecule has 2 rings (SSSR count). The molecular formula is C8H6N2OS2. The Bertz CT molecular complexity index is 419. The van der Waals surface area contributed by atoms with Gasteiger partial charge in [-0.2, -0.15) is 0 Å². The highest BCUT2D eigenvalue weighted by molar-refractivity contribution is 7.19. The molecule has 0 spiro atoms. The number of nitrogens with two attached hydrogens (primary N) is 1. The topological polar surface area (TPSA) is 56.0 Å². The first kappa shape index (κ1) is 8.40. The van der Waals surface area contributed by atoms with E-state index < -0.39 is 0 Å². The van der Waals surface area contributed by atoms with Gasteiger partial charge in [-0.15, -0.1) is 11.3 Å². The minimum absolute atomic E-state index is 0.00389. The van der Waals surface area contributed by atoms with E-state index in [-0.39, 0.29) is 5.78 Å². The standard InChI is InChI=1S/C8H6N2OS2/c9-8-10-4-6(13-8)7(11)5-2-1-3-12-5/h1-4H,(H2,9,10). The third kappa shape index (κ3) is 1.61. The largest absolute Gasteiger partial charge is 0.375 e. The summed E-state index contributed by atoms with van der Waals surface area (Å²) < 4.78 is 0. The smallest absolute Gasteiger partial charge is 0.214 e. The molecule has 0 saturated carbocycles. The van der Waals surface area contributed by atoms with Gasteiger partial charge in [-0.25, -0.2) is 4.98 Å². The summed E-state index contributed by atoms with van der Waals surface area (Å²) in [6, 6.07) is 3.64. The number of nitrogen functional groups attached to an aromatic ring is 1. The first-order valence-corrected chi connectivity index (χ1v) is 5.26. The fourth-order valence-electron chi connectivity index (χ4n) is 0.922. The van der Waals surface area contributed by atoms with Crippen LogP contribution in [0.3, 0.4) is 0 Å². The van der Waals surface area contributed by atoms with Gasteiger partial charge in [0.05, 0.1) is 16.0 Å². The zero-order valence-electron chi connectivity index (χ0n) is 6.56. The molecule has 0 saturated heterocycles. The zero-order chi connectivity index (χ0) is 9.26. The molecule has 13 heavy (non-hydrogen) atoms. The lowest BCUT2D eigenvalue weighted by molar-refractivity contribution is 0.104. The molecule has 3 nitrogen and oxygen atoms in total. The minimum atomic E-state index is 0.00389. The summed E-state index contributed by atoms with van der Waals surface area (Å²) in [7, 11) is 0. The SMILES string of the molecule is Nc1ncc(C(=O)c2cccs2)s1. The second-order valence-corrected chi connectivity index (χ2v) is 4.38. The number of hydrogen-bond acceptors (Lipinski definition) is 5. The van der Waals surface area contributed by atoms with Crippen LogP contribution in [0.1, 0.15) is 14.5 Å². The number of ketones is 1. The van der Waals surface area contributed by atoms with Crippen molar-refractivity contribution >= 4 is 33.6 Å². The molecule has 0 aliphatic heterocycles. The van der Waals surface area contributed by atoms with Crippen LogP contribution in [0.25, 0.3) is 0 Å². The Kier molecular flexibility index (Phi) is 2.12. The summed E-state index contributed by atoms with van der Waals surface area (Å²) in [6.45, 7) is 0. The first-order chi connectivity index (χ1) is 6.27. The second-order valence-electron chi connectivity index (χ2n) is 2.37. The Hall–Kier alpha value is -1.20. The fourth-order valence-corrected chi connectivity index (χ4v) is 2.30. The number of rotatable bonds is 2. The number of thiazole rings is 1. The Morgan fingerprint density at radius 2 is 2.31 bits per heavy atom. The molecule has 2 aromatic heterocycles. The summed E-state index contributed by atoms with van der Waals surface area (Å²) >= 11 is 2.64. The zero-order valence-corrected chi connectivity index (χ0v) is 8.19. The van der Waals surface area contributed by atoms with E-state index >= 15 is 0 Å². The van der Waals surface area contributed by atoms with Crippen LogP contribution < -0.4 is 5.73 Å². The van der Waals surface area contributed by atoms with Gasteiger partial charge >= 0.3 is 0 Å². The summed E-state index contributed by atoms with van der Waals surface area (Å²) in [5, 5.41) is 2.30.